The van der Waals surface area contributed by atoms with Crippen molar-refractivity contribution in [1.82, 2.24) is 4.98 Å². The Hall–Kier alpha value is -2.59. The van der Waals surface area contributed by atoms with Crippen molar-refractivity contribution in [3.63, 3.8) is 0 Å². The summed E-state index contributed by atoms with van der Waals surface area (Å²) in [6, 6.07) is 7.44. The summed E-state index contributed by atoms with van der Waals surface area (Å²) in [5.74, 6) is -2.42. The normalized spacial score (nSPS) is 10.8. The van der Waals surface area contributed by atoms with Gasteiger partial charge in [0.15, 0.2) is 16.0 Å². The van der Waals surface area contributed by atoms with Gasteiger partial charge in [-0.15, -0.1) is 11.3 Å². The first kappa shape index (κ1) is 17.2. The molecule has 6 nitrogen and oxygen atoms in total. The number of nitro benzene ring substituents is 1. The van der Waals surface area contributed by atoms with Crippen LogP contribution in [0.5, 0.6) is 0 Å². The van der Waals surface area contributed by atoms with Crippen LogP contribution in [-0.2, 0) is 4.79 Å². The largest absolute Gasteiger partial charge is 0.325 e. The molecule has 2 aromatic carbocycles. The number of amides is 1. The molecule has 0 unspecified atom stereocenters. The molecule has 0 fully saturated rings. The SMILES string of the molecule is O=C(CSc1nc2ccc([N+](=O)[O-])cc2s1)Nc1ccc(F)c(F)c1. The number of fused-ring (bicyclic) bond motifs is 1. The number of nitrogens with zero attached hydrogens (tertiary/aromatic N) is 2. The molecular formula is C15H9F2N3O3S2. The smallest absolute Gasteiger partial charge is 0.270 e. The van der Waals surface area contributed by atoms with Gasteiger partial charge in [0.2, 0.25) is 5.91 Å². The van der Waals surface area contributed by atoms with Gasteiger partial charge in [0, 0.05) is 23.9 Å². The number of anilines is 1. The first-order chi connectivity index (χ1) is 11.9. The summed E-state index contributed by atoms with van der Waals surface area (Å²) in [6.07, 6.45) is 0. The van der Waals surface area contributed by atoms with Gasteiger partial charge in [0.05, 0.1) is 20.9 Å². The fraction of sp³-hybridized carbons (Fsp3) is 0.0667. The van der Waals surface area contributed by atoms with Crippen LogP contribution in [0.2, 0.25) is 0 Å². The molecule has 0 spiro atoms. The summed E-state index contributed by atoms with van der Waals surface area (Å²) < 4.78 is 27.2. The molecule has 1 heterocycles. The zero-order valence-electron chi connectivity index (χ0n) is 12.4. The second-order valence-corrected chi connectivity index (χ2v) is 7.11. The molecule has 0 radical (unpaired) electrons. The highest BCUT2D eigenvalue weighted by atomic mass is 32.2. The van der Waals surface area contributed by atoms with E-state index in [0.29, 0.717) is 14.6 Å². The molecule has 1 amide bonds. The summed E-state index contributed by atoms with van der Waals surface area (Å²) in [5, 5.41) is 13.2. The van der Waals surface area contributed by atoms with Gasteiger partial charge in [-0.05, 0) is 18.2 Å². The number of rotatable bonds is 5. The molecule has 0 aliphatic carbocycles. The van der Waals surface area contributed by atoms with Gasteiger partial charge in [-0.2, -0.15) is 0 Å². The van der Waals surface area contributed by atoms with Gasteiger partial charge in [-0.3, -0.25) is 14.9 Å². The maximum Gasteiger partial charge on any atom is 0.270 e. The monoisotopic (exact) mass is 381 g/mol. The molecule has 128 valence electrons. The van der Waals surface area contributed by atoms with E-state index < -0.39 is 22.5 Å². The van der Waals surface area contributed by atoms with Crippen molar-refractivity contribution in [2.45, 2.75) is 4.34 Å². The van der Waals surface area contributed by atoms with Crippen LogP contribution in [0.4, 0.5) is 20.2 Å². The van der Waals surface area contributed by atoms with Crippen LogP contribution in [0.3, 0.4) is 0 Å². The van der Waals surface area contributed by atoms with E-state index in [2.05, 4.69) is 10.3 Å². The average Bonchev–Trinajstić information content (AvgIpc) is 2.98. The zero-order chi connectivity index (χ0) is 18.0. The van der Waals surface area contributed by atoms with E-state index in [-0.39, 0.29) is 17.1 Å². The highest BCUT2D eigenvalue weighted by Gasteiger charge is 2.12. The highest BCUT2D eigenvalue weighted by molar-refractivity contribution is 8.01. The predicted molar refractivity (Wildman–Crippen MR) is 92.0 cm³/mol. The zero-order valence-corrected chi connectivity index (χ0v) is 14.0. The summed E-state index contributed by atoms with van der Waals surface area (Å²) >= 11 is 2.39. The molecule has 0 aliphatic heterocycles. The summed E-state index contributed by atoms with van der Waals surface area (Å²) in [7, 11) is 0. The lowest BCUT2D eigenvalue weighted by Gasteiger charge is -2.04. The van der Waals surface area contributed by atoms with Crippen molar-refractivity contribution in [2.75, 3.05) is 11.1 Å². The second-order valence-electron chi connectivity index (χ2n) is 4.85. The van der Waals surface area contributed by atoms with Crippen molar-refractivity contribution in [3.8, 4) is 0 Å². The number of nitrogens with one attached hydrogen (secondary N) is 1. The molecule has 1 aromatic heterocycles. The molecule has 0 saturated carbocycles. The van der Waals surface area contributed by atoms with Gasteiger partial charge in [0.25, 0.3) is 5.69 Å². The number of hydrogen-bond donors (Lipinski definition) is 1. The Kier molecular flexibility index (Phi) is 4.91. The van der Waals surface area contributed by atoms with E-state index in [4.69, 9.17) is 0 Å². The fourth-order valence-corrected chi connectivity index (χ4v) is 3.87. The van der Waals surface area contributed by atoms with Crippen LogP contribution in [-0.4, -0.2) is 21.6 Å². The number of aromatic nitrogens is 1. The van der Waals surface area contributed by atoms with Crippen LogP contribution < -0.4 is 5.32 Å². The molecule has 3 rings (SSSR count). The number of nitro groups is 1. The highest BCUT2D eigenvalue weighted by Crippen LogP contribution is 2.31. The van der Waals surface area contributed by atoms with Crippen molar-refractivity contribution in [3.05, 3.63) is 58.1 Å². The Morgan fingerprint density at radius 2 is 2.04 bits per heavy atom. The maximum atomic E-state index is 13.1. The Morgan fingerprint density at radius 3 is 2.76 bits per heavy atom. The third-order valence-electron chi connectivity index (χ3n) is 3.09. The lowest BCUT2D eigenvalue weighted by Crippen LogP contribution is -2.14. The minimum absolute atomic E-state index is 0.0148. The van der Waals surface area contributed by atoms with E-state index in [1.165, 1.54) is 29.5 Å². The minimum atomic E-state index is -1.04. The number of carbonyl (C=O) groups is 1. The number of thiazole rings is 1. The van der Waals surface area contributed by atoms with Crippen LogP contribution in [0.15, 0.2) is 40.7 Å². The van der Waals surface area contributed by atoms with E-state index in [0.717, 1.165) is 23.9 Å². The number of thioether (sulfide) groups is 1. The van der Waals surface area contributed by atoms with Gasteiger partial charge < -0.3 is 5.32 Å². The standard InChI is InChI=1S/C15H9F2N3O3S2/c16-10-3-1-8(5-11(10)17)18-14(21)7-24-15-19-12-4-2-9(20(22)23)6-13(12)25-15/h1-6H,7H2,(H,18,21). The predicted octanol–water partition coefficient (Wildman–Crippen LogP) is 4.21. The van der Waals surface area contributed by atoms with Crippen molar-refractivity contribution >= 4 is 50.6 Å². The number of carbonyl (C=O) groups excluding carboxylic acids is 1. The molecule has 25 heavy (non-hydrogen) atoms. The van der Waals surface area contributed by atoms with Gasteiger partial charge in [-0.1, -0.05) is 11.8 Å². The van der Waals surface area contributed by atoms with Crippen LogP contribution in [0, 0.1) is 21.7 Å². The third-order valence-corrected chi connectivity index (χ3v) is 5.25. The van der Waals surface area contributed by atoms with Crippen molar-refractivity contribution in [1.29, 1.82) is 0 Å². The Balaban J connectivity index is 1.64. The molecule has 0 bridgehead atoms. The summed E-state index contributed by atoms with van der Waals surface area (Å²) in [5.41, 5.74) is 0.743. The lowest BCUT2D eigenvalue weighted by atomic mass is 10.3. The molecular weight excluding hydrogens is 372 g/mol. The van der Waals surface area contributed by atoms with Gasteiger partial charge in [0.1, 0.15) is 0 Å². The second kappa shape index (κ2) is 7.11. The molecule has 0 atom stereocenters. The quantitative estimate of drug-likeness (QED) is 0.406. The minimum Gasteiger partial charge on any atom is -0.325 e. The Morgan fingerprint density at radius 1 is 1.24 bits per heavy atom. The third kappa shape index (κ3) is 4.09. The Bertz CT molecular complexity index is 978. The molecule has 0 aliphatic rings. The number of non-ortho nitro benzene ring substituents is 1. The number of halogens is 2. The first-order valence-electron chi connectivity index (χ1n) is 6.85. The van der Waals surface area contributed by atoms with Crippen LogP contribution in [0.1, 0.15) is 0 Å². The van der Waals surface area contributed by atoms with Gasteiger partial charge in [-0.25, -0.2) is 13.8 Å². The van der Waals surface area contributed by atoms with Gasteiger partial charge >= 0.3 is 0 Å². The molecule has 10 heteroatoms. The topological polar surface area (TPSA) is 85.1 Å². The first-order valence-corrected chi connectivity index (χ1v) is 8.65. The van der Waals surface area contributed by atoms with E-state index in [1.54, 1.807) is 6.07 Å². The Labute approximate surface area is 148 Å². The maximum absolute atomic E-state index is 13.1. The van der Waals surface area contributed by atoms with Crippen molar-refractivity contribution in [2.24, 2.45) is 0 Å². The fourth-order valence-electron chi connectivity index (χ4n) is 1.97. The van der Waals surface area contributed by atoms with E-state index >= 15 is 0 Å². The van der Waals surface area contributed by atoms with E-state index in [9.17, 15) is 23.7 Å². The lowest BCUT2D eigenvalue weighted by molar-refractivity contribution is -0.384. The number of benzene rings is 2. The molecule has 1 N–H and O–H groups in total. The van der Waals surface area contributed by atoms with Crippen molar-refractivity contribution < 1.29 is 18.5 Å². The van der Waals surface area contributed by atoms with Crippen LogP contribution >= 0.6 is 23.1 Å². The van der Waals surface area contributed by atoms with Crippen LogP contribution in [0.25, 0.3) is 10.2 Å². The average molecular weight is 381 g/mol. The van der Waals surface area contributed by atoms with E-state index in [1.807, 2.05) is 0 Å². The molecule has 0 saturated heterocycles. The summed E-state index contributed by atoms with van der Waals surface area (Å²) in [6.45, 7) is 0. The number of hydrogen-bond acceptors (Lipinski definition) is 6. The summed E-state index contributed by atoms with van der Waals surface area (Å²) in [4.78, 5) is 26.4. The molecule has 3 aromatic rings.